The fraction of sp³-hybridized carbons (Fsp3) is 0.565. The minimum Gasteiger partial charge on any atom is -0.497 e. The predicted octanol–water partition coefficient (Wildman–Crippen LogP) is 2.42. The third kappa shape index (κ3) is 4.71. The summed E-state index contributed by atoms with van der Waals surface area (Å²) in [4.78, 5) is 0. The fourth-order valence-corrected chi connectivity index (χ4v) is 4.45. The van der Waals surface area contributed by atoms with Crippen LogP contribution in [0.1, 0.15) is 18.4 Å². The number of rotatable bonds is 11. The van der Waals surface area contributed by atoms with E-state index in [0.29, 0.717) is 25.4 Å². The molecule has 4 rings (SSSR count). The van der Waals surface area contributed by atoms with Crippen molar-refractivity contribution in [3.05, 3.63) is 54.3 Å². The van der Waals surface area contributed by atoms with Crippen LogP contribution < -0.4 is 4.74 Å². The molecule has 0 saturated heterocycles. The van der Waals surface area contributed by atoms with Crippen LogP contribution in [-0.2, 0) is 25.6 Å². The largest absolute Gasteiger partial charge is 0.497 e. The van der Waals surface area contributed by atoms with Gasteiger partial charge in [-0.3, -0.25) is 0 Å². The molecule has 30 heavy (non-hydrogen) atoms. The third-order valence-electron chi connectivity index (χ3n) is 6.06. The second-order valence-electron chi connectivity index (χ2n) is 7.71. The lowest BCUT2D eigenvalue weighted by Crippen LogP contribution is -2.63. The molecule has 0 aliphatic heterocycles. The topological polar surface area (TPSA) is 86.6 Å². The number of hydrogen-bond acceptors (Lipinski definition) is 7. The molecule has 3 fully saturated rings. The van der Waals surface area contributed by atoms with Crippen molar-refractivity contribution in [1.82, 2.24) is 0 Å². The number of ether oxygens (including phenoxy) is 5. The number of hydrogen-bond donors (Lipinski definition) is 2. The molecule has 3 aliphatic carbocycles. The number of aliphatic hydroxyl groups is 2. The molecule has 0 amide bonds. The summed E-state index contributed by atoms with van der Waals surface area (Å²) in [5.41, 5.74) is 0.347. The van der Waals surface area contributed by atoms with E-state index >= 15 is 0 Å². The van der Waals surface area contributed by atoms with Gasteiger partial charge in [0.1, 0.15) is 11.4 Å². The molecule has 1 aromatic carbocycles. The molecule has 3 aliphatic rings. The third-order valence-corrected chi connectivity index (χ3v) is 6.06. The molecule has 0 radical (unpaired) electrons. The van der Waals surface area contributed by atoms with Gasteiger partial charge in [0.05, 0.1) is 45.4 Å². The number of benzene rings is 1. The van der Waals surface area contributed by atoms with Crippen molar-refractivity contribution in [1.29, 1.82) is 0 Å². The quantitative estimate of drug-likeness (QED) is 0.246. The molecule has 0 unspecified atom stereocenters. The normalized spacial score (nSPS) is 31.7. The van der Waals surface area contributed by atoms with Gasteiger partial charge in [0, 0.05) is 18.9 Å². The smallest absolute Gasteiger partial charge is 0.188 e. The maximum Gasteiger partial charge on any atom is 0.188 e. The van der Waals surface area contributed by atoms with E-state index in [1.54, 1.807) is 14.2 Å². The highest BCUT2D eigenvalue weighted by molar-refractivity contribution is 5.31. The summed E-state index contributed by atoms with van der Waals surface area (Å²) in [5, 5.41) is 22.3. The van der Waals surface area contributed by atoms with Crippen LogP contribution >= 0.6 is 0 Å². The van der Waals surface area contributed by atoms with Crippen molar-refractivity contribution in [2.75, 3.05) is 34.2 Å². The second kappa shape index (κ2) is 10.4. The maximum atomic E-state index is 11.4. The van der Waals surface area contributed by atoms with Crippen molar-refractivity contribution < 1.29 is 33.9 Å². The Bertz CT molecular complexity index is 717. The zero-order valence-corrected chi connectivity index (χ0v) is 17.7. The predicted molar refractivity (Wildman–Crippen MR) is 111 cm³/mol. The molecule has 166 valence electrons. The lowest BCUT2D eigenvalue weighted by atomic mass is 9.57. The van der Waals surface area contributed by atoms with Gasteiger partial charge >= 0.3 is 0 Å². The summed E-state index contributed by atoms with van der Waals surface area (Å²) in [6.45, 7) is 5.14. The molecule has 2 N–H and O–H groups in total. The van der Waals surface area contributed by atoms with Crippen molar-refractivity contribution in [2.45, 2.75) is 37.3 Å². The van der Waals surface area contributed by atoms with Crippen molar-refractivity contribution in [2.24, 2.45) is 11.8 Å². The minimum absolute atomic E-state index is 0.0564. The van der Waals surface area contributed by atoms with Crippen LogP contribution in [-0.4, -0.2) is 62.2 Å². The zero-order valence-electron chi connectivity index (χ0n) is 17.7. The van der Waals surface area contributed by atoms with Crippen LogP contribution in [0.2, 0.25) is 0 Å². The Kier molecular flexibility index (Phi) is 7.91. The number of methoxy groups -OCH3 is 2. The van der Waals surface area contributed by atoms with Crippen LogP contribution in [0.15, 0.2) is 48.8 Å². The van der Waals surface area contributed by atoms with E-state index in [1.165, 1.54) is 12.3 Å². The molecular formula is C23H32O7. The van der Waals surface area contributed by atoms with E-state index in [2.05, 4.69) is 6.58 Å². The van der Waals surface area contributed by atoms with Crippen LogP contribution in [0.4, 0.5) is 0 Å². The first kappa shape index (κ1) is 22.8. The monoisotopic (exact) mass is 420 g/mol. The molecule has 5 atom stereocenters. The van der Waals surface area contributed by atoms with Gasteiger partial charge in [-0.1, -0.05) is 18.2 Å². The summed E-state index contributed by atoms with van der Waals surface area (Å²) in [5.74, 6) is 0.199. The van der Waals surface area contributed by atoms with Gasteiger partial charge in [-0.15, -0.1) is 6.58 Å². The lowest BCUT2D eigenvalue weighted by Gasteiger charge is -2.55. The standard InChI is InChI=1S/C23H32O7/c1-4-23(25)20-10-9-18(21(24)19(20)14-29-15-28-12-11-26-2)22(23)30-13-16-5-7-17(27-3)8-6-16/h4-8,14,18,20-22,24-25H,1,9-13,15H2,2-3H3/b19-14+/t18-,20+,21-,22-,23+/m1/s1. The molecule has 2 bridgehead atoms. The molecule has 1 aromatic rings. The molecule has 0 spiro atoms. The summed E-state index contributed by atoms with van der Waals surface area (Å²) in [6, 6.07) is 7.58. The Morgan fingerprint density at radius 2 is 1.93 bits per heavy atom. The number of aliphatic hydroxyl groups excluding tert-OH is 1. The first-order chi connectivity index (χ1) is 14.5. The van der Waals surface area contributed by atoms with Gasteiger partial charge in [-0.05, 0) is 36.1 Å². The Labute approximate surface area is 177 Å². The van der Waals surface area contributed by atoms with Gasteiger partial charge in [-0.25, -0.2) is 0 Å². The van der Waals surface area contributed by atoms with Crippen LogP contribution in [0.3, 0.4) is 0 Å². The molecule has 7 nitrogen and oxygen atoms in total. The fourth-order valence-electron chi connectivity index (χ4n) is 4.45. The molecule has 0 heterocycles. The summed E-state index contributed by atoms with van der Waals surface area (Å²) in [6.07, 6.45) is 3.24. The van der Waals surface area contributed by atoms with E-state index in [0.717, 1.165) is 24.2 Å². The van der Waals surface area contributed by atoms with Gasteiger partial charge in [0.15, 0.2) is 6.79 Å². The van der Waals surface area contributed by atoms with E-state index in [4.69, 9.17) is 23.7 Å². The second-order valence-corrected chi connectivity index (χ2v) is 7.71. The highest BCUT2D eigenvalue weighted by Crippen LogP contribution is 2.52. The van der Waals surface area contributed by atoms with Crippen molar-refractivity contribution in [3.63, 3.8) is 0 Å². The van der Waals surface area contributed by atoms with Crippen molar-refractivity contribution in [3.8, 4) is 5.75 Å². The van der Waals surface area contributed by atoms with Gasteiger partial charge in [0.2, 0.25) is 0 Å². The van der Waals surface area contributed by atoms with E-state index in [1.807, 2.05) is 24.3 Å². The molecule has 0 aromatic heterocycles. The first-order valence-corrected chi connectivity index (χ1v) is 10.2. The Morgan fingerprint density at radius 3 is 2.60 bits per heavy atom. The molecule has 7 heteroatoms. The van der Waals surface area contributed by atoms with Crippen LogP contribution in [0.5, 0.6) is 5.75 Å². The lowest BCUT2D eigenvalue weighted by molar-refractivity contribution is -0.196. The average molecular weight is 421 g/mol. The van der Waals surface area contributed by atoms with E-state index in [9.17, 15) is 10.2 Å². The summed E-state index contributed by atoms with van der Waals surface area (Å²) >= 11 is 0. The molecular weight excluding hydrogens is 388 g/mol. The van der Waals surface area contributed by atoms with Crippen LogP contribution in [0, 0.1) is 11.8 Å². The summed E-state index contributed by atoms with van der Waals surface area (Å²) in [7, 11) is 3.22. The van der Waals surface area contributed by atoms with E-state index in [-0.39, 0.29) is 18.6 Å². The zero-order chi connectivity index (χ0) is 21.6. The van der Waals surface area contributed by atoms with E-state index < -0.39 is 17.8 Å². The van der Waals surface area contributed by atoms with Gasteiger partial charge in [-0.2, -0.15) is 0 Å². The molecule has 3 saturated carbocycles. The van der Waals surface area contributed by atoms with Crippen molar-refractivity contribution >= 4 is 0 Å². The van der Waals surface area contributed by atoms with Crippen LogP contribution in [0.25, 0.3) is 0 Å². The average Bonchev–Trinajstić information content (AvgIpc) is 2.77. The summed E-state index contributed by atoms with van der Waals surface area (Å²) < 4.78 is 27.0. The maximum absolute atomic E-state index is 11.4. The van der Waals surface area contributed by atoms with Gasteiger partial charge < -0.3 is 33.9 Å². The number of fused-ring (bicyclic) bond motifs is 3. The van der Waals surface area contributed by atoms with Gasteiger partial charge in [0.25, 0.3) is 0 Å². The SMILES string of the molecule is C=C[C@@]1(O)[C@H](OCc2ccc(OC)cc2)[C@@H]2CC[C@H]1/C(=C\OCOCCOC)[C@@H]2O. The highest BCUT2D eigenvalue weighted by Gasteiger charge is 2.59. The highest BCUT2D eigenvalue weighted by atomic mass is 16.7. The Morgan fingerprint density at radius 1 is 1.17 bits per heavy atom. The minimum atomic E-state index is -1.28. The Hall–Kier alpha value is -1.90. The Balaban J connectivity index is 1.67. The first-order valence-electron chi connectivity index (χ1n) is 10.2.